The van der Waals surface area contributed by atoms with Gasteiger partial charge in [-0.1, -0.05) is 36.4 Å². The first-order chi connectivity index (χ1) is 13.3. The lowest BCUT2D eigenvalue weighted by atomic mass is 10.0. The van der Waals surface area contributed by atoms with Crippen LogP contribution in [0.5, 0.6) is 0 Å². The summed E-state index contributed by atoms with van der Waals surface area (Å²) in [6.07, 6.45) is 7.79. The van der Waals surface area contributed by atoms with Gasteiger partial charge in [0.2, 0.25) is 5.91 Å². The summed E-state index contributed by atoms with van der Waals surface area (Å²) in [5.41, 5.74) is 4.00. The molecule has 3 aromatic rings. The summed E-state index contributed by atoms with van der Waals surface area (Å²) in [7, 11) is 0. The highest BCUT2D eigenvalue weighted by Gasteiger charge is 2.17. The van der Waals surface area contributed by atoms with Crippen LogP contribution < -0.4 is 5.32 Å². The molecule has 2 N–H and O–H groups in total. The summed E-state index contributed by atoms with van der Waals surface area (Å²) in [6, 6.07) is 16.6. The van der Waals surface area contributed by atoms with E-state index in [9.17, 15) is 4.79 Å². The first kappa shape index (κ1) is 17.9. The molecule has 1 aliphatic rings. The minimum Gasteiger partial charge on any atom is -0.349 e. The van der Waals surface area contributed by atoms with Crippen molar-refractivity contribution in [2.45, 2.75) is 36.6 Å². The Morgan fingerprint density at radius 2 is 2.00 bits per heavy atom. The van der Waals surface area contributed by atoms with E-state index in [4.69, 9.17) is 0 Å². The van der Waals surface area contributed by atoms with E-state index >= 15 is 0 Å². The number of H-pyrrole nitrogens is 1. The first-order valence-corrected chi connectivity index (χ1v) is 10.3. The van der Waals surface area contributed by atoms with Gasteiger partial charge in [0.15, 0.2) is 0 Å². The SMILES string of the molecule is O=C(CSc1ccc2c(c1)CCC2)NC(Cc1ncc[nH]1)c1ccccc1. The predicted molar refractivity (Wildman–Crippen MR) is 109 cm³/mol. The molecule has 27 heavy (non-hydrogen) atoms. The molecule has 0 bridgehead atoms. The molecule has 4 rings (SSSR count). The topological polar surface area (TPSA) is 57.8 Å². The molecule has 1 heterocycles. The summed E-state index contributed by atoms with van der Waals surface area (Å²) in [5.74, 6) is 1.33. The van der Waals surface area contributed by atoms with Crippen LogP contribution in [-0.4, -0.2) is 21.6 Å². The van der Waals surface area contributed by atoms with Gasteiger partial charge in [-0.05, 0) is 48.1 Å². The van der Waals surface area contributed by atoms with Crippen LogP contribution in [0.15, 0.2) is 65.8 Å². The van der Waals surface area contributed by atoms with E-state index in [-0.39, 0.29) is 11.9 Å². The molecular weight excluding hydrogens is 354 g/mol. The normalized spacial score (nSPS) is 13.9. The largest absolute Gasteiger partial charge is 0.349 e. The van der Waals surface area contributed by atoms with Crippen molar-refractivity contribution in [2.75, 3.05) is 5.75 Å². The average Bonchev–Trinajstić information content (AvgIpc) is 3.38. The summed E-state index contributed by atoms with van der Waals surface area (Å²) >= 11 is 1.60. The number of fused-ring (bicyclic) bond motifs is 1. The van der Waals surface area contributed by atoms with Crippen molar-refractivity contribution in [3.8, 4) is 0 Å². The van der Waals surface area contributed by atoms with E-state index in [0.717, 1.165) is 17.8 Å². The average molecular weight is 378 g/mol. The molecular formula is C22H23N3OS. The van der Waals surface area contributed by atoms with Crippen LogP contribution in [0.25, 0.3) is 0 Å². The predicted octanol–water partition coefficient (Wildman–Crippen LogP) is 4.09. The maximum atomic E-state index is 12.6. The molecule has 1 atom stereocenters. The van der Waals surface area contributed by atoms with Crippen LogP contribution in [0.4, 0.5) is 0 Å². The van der Waals surface area contributed by atoms with Crippen LogP contribution in [0.3, 0.4) is 0 Å². The maximum absolute atomic E-state index is 12.6. The van der Waals surface area contributed by atoms with E-state index < -0.39 is 0 Å². The Bertz CT molecular complexity index is 893. The van der Waals surface area contributed by atoms with Gasteiger partial charge in [0.05, 0.1) is 11.8 Å². The number of rotatable bonds is 7. The number of nitrogens with one attached hydrogen (secondary N) is 2. The van der Waals surface area contributed by atoms with Gasteiger partial charge in [-0.15, -0.1) is 11.8 Å². The van der Waals surface area contributed by atoms with E-state index in [0.29, 0.717) is 12.2 Å². The molecule has 5 heteroatoms. The van der Waals surface area contributed by atoms with Gasteiger partial charge >= 0.3 is 0 Å². The zero-order valence-electron chi connectivity index (χ0n) is 15.2. The second-order valence-electron chi connectivity index (χ2n) is 6.84. The zero-order valence-corrected chi connectivity index (χ0v) is 16.0. The fourth-order valence-corrected chi connectivity index (χ4v) is 4.33. The van der Waals surface area contributed by atoms with Crippen molar-refractivity contribution in [1.29, 1.82) is 0 Å². The second-order valence-corrected chi connectivity index (χ2v) is 7.89. The molecule has 0 aliphatic heterocycles. The smallest absolute Gasteiger partial charge is 0.230 e. The molecule has 0 saturated carbocycles. The van der Waals surface area contributed by atoms with E-state index in [1.54, 1.807) is 18.0 Å². The quantitative estimate of drug-likeness (QED) is 0.610. The van der Waals surface area contributed by atoms with Gasteiger partial charge in [0.1, 0.15) is 5.82 Å². The Hall–Kier alpha value is -2.53. The first-order valence-electron chi connectivity index (χ1n) is 9.35. The van der Waals surface area contributed by atoms with Crippen molar-refractivity contribution in [3.63, 3.8) is 0 Å². The number of aromatic amines is 1. The fourth-order valence-electron chi connectivity index (χ4n) is 3.56. The Balaban J connectivity index is 1.39. The number of thioether (sulfide) groups is 1. The molecule has 1 amide bonds. The molecule has 138 valence electrons. The number of imidazole rings is 1. The molecule has 1 aliphatic carbocycles. The summed E-state index contributed by atoms with van der Waals surface area (Å²) in [6.45, 7) is 0. The highest BCUT2D eigenvalue weighted by Crippen LogP contribution is 2.27. The Labute approximate surface area is 163 Å². The van der Waals surface area contributed by atoms with Crippen LogP contribution in [0, 0.1) is 0 Å². The molecule has 0 spiro atoms. The number of aryl methyl sites for hydroxylation is 2. The summed E-state index contributed by atoms with van der Waals surface area (Å²) in [4.78, 5) is 21.2. The number of aromatic nitrogens is 2. The molecule has 0 fully saturated rings. The monoisotopic (exact) mass is 377 g/mol. The molecule has 2 aromatic carbocycles. The number of benzene rings is 2. The van der Waals surface area contributed by atoms with Gasteiger partial charge in [0.25, 0.3) is 0 Å². The number of hydrogen-bond donors (Lipinski definition) is 2. The molecule has 4 nitrogen and oxygen atoms in total. The van der Waals surface area contributed by atoms with Crippen LogP contribution >= 0.6 is 11.8 Å². The Morgan fingerprint density at radius 1 is 1.15 bits per heavy atom. The van der Waals surface area contributed by atoms with Gasteiger partial charge in [-0.2, -0.15) is 0 Å². The number of hydrogen-bond acceptors (Lipinski definition) is 3. The summed E-state index contributed by atoms with van der Waals surface area (Å²) in [5, 5.41) is 3.17. The fraction of sp³-hybridized carbons (Fsp3) is 0.273. The molecule has 0 radical (unpaired) electrons. The Morgan fingerprint density at radius 3 is 2.81 bits per heavy atom. The van der Waals surface area contributed by atoms with Gasteiger partial charge in [-0.25, -0.2) is 4.98 Å². The van der Waals surface area contributed by atoms with Crippen molar-refractivity contribution in [3.05, 3.63) is 83.4 Å². The van der Waals surface area contributed by atoms with Gasteiger partial charge in [-0.3, -0.25) is 4.79 Å². The minimum absolute atomic E-state index is 0.0425. The Kier molecular flexibility index (Phi) is 5.58. The van der Waals surface area contributed by atoms with E-state index in [1.165, 1.54) is 28.9 Å². The highest BCUT2D eigenvalue weighted by atomic mass is 32.2. The van der Waals surface area contributed by atoms with Crippen LogP contribution in [0.1, 0.15) is 35.0 Å². The van der Waals surface area contributed by atoms with Crippen LogP contribution in [0.2, 0.25) is 0 Å². The highest BCUT2D eigenvalue weighted by molar-refractivity contribution is 8.00. The molecule has 1 unspecified atom stereocenters. The van der Waals surface area contributed by atoms with E-state index in [1.807, 2.05) is 36.5 Å². The van der Waals surface area contributed by atoms with Crippen molar-refractivity contribution in [1.82, 2.24) is 15.3 Å². The van der Waals surface area contributed by atoms with Crippen molar-refractivity contribution >= 4 is 17.7 Å². The second kappa shape index (κ2) is 8.44. The van der Waals surface area contributed by atoms with Gasteiger partial charge in [0, 0.05) is 23.7 Å². The number of amides is 1. The van der Waals surface area contributed by atoms with E-state index in [2.05, 4.69) is 33.5 Å². The third-order valence-corrected chi connectivity index (χ3v) is 5.92. The zero-order chi connectivity index (χ0) is 18.5. The summed E-state index contributed by atoms with van der Waals surface area (Å²) < 4.78 is 0. The third kappa shape index (κ3) is 4.61. The minimum atomic E-state index is -0.0922. The lowest BCUT2D eigenvalue weighted by Gasteiger charge is -2.18. The van der Waals surface area contributed by atoms with Crippen LogP contribution in [-0.2, 0) is 24.1 Å². The van der Waals surface area contributed by atoms with Crippen molar-refractivity contribution < 1.29 is 4.79 Å². The molecule has 0 saturated heterocycles. The lowest BCUT2D eigenvalue weighted by Crippen LogP contribution is -2.31. The van der Waals surface area contributed by atoms with Crippen molar-refractivity contribution in [2.24, 2.45) is 0 Å². The lowest BCUT2D eigenvalue weighted by molar-refractivity contribution is -0.119. The number of carbonyl (C=O) groups is 1. The van der Waals surface area contributed by atoms with Gasteiger partial charge < -0.3 is 10.3 Å². The third-order valence-electron chi connectivity index (χ3n) is 4.93. The molecule has 1 aromatic heterocycles. The standard InChI is InChI=1S/C22H23N3OS/c26-22(15-27-19-10-9-16-7-4-8-18(16)13-19)25-20(14-21-23-11-12-24-21)17-5-2-1-3-6-17/h1-3,5-6,9-13,20H,4,7-8,14-15H2,(H,23,24)(H,25,26). The maximum Gasteiger partial charge on any atom is 0.230 e. The number of nitrogens with zero attached hydrogens (tertiary/aromatic N) is 1. The number of carbonyl (C=O) groups excluding carboxylic acids is 1.